The molecule has 40 heavy (non-hydrogen) atoms. The maximum absolute atomic E-state index is 14.0. The van der Waals surface area contributed by atoms with Crippen molar-refractivity contribution in [3.05, 3.63) is 117 Å². The third-order valence-electron chi connectivity index (χ3n) is 7.08. The summed E-state index contributed by atoms with van der Waals surface area (Å²) in [7, 11) is 0. The number of benzene rings is 3. The van der Waals surface area contributed by atoms with Crippen LogP contribution in [0.5, 0.6) is 0 Å². The van der Waals surface area contributed by atoms with Crippen LogP contribution in [0.2, 0.25) is 0 Å². The fourth-order valence-electron chi connectivity index (χ4n) is 5.11. The van der Waals surface area contributed by atoms with Crippen molar-refractivity contribution in [3.8, 4) is 22.5 Å². The molecule has 0 aliphatic carbocycles. The molecule has 2 heterocycles. The van der Waals surface area contributed by atoms with Crippen molar-refractivity contribution in [2.75, 3.05) is 0 Å². The van der Waals surface area contributed by atoms with Gasteiger partial charge in [-0.25, -0.2) is 10.1 Å². The van der Waals surface area contributed by atoms with Gasteiger partial charge in [0.15, 0.2) is 5.82 Å². The Morgan fingerprint density at radius 2 is 1.60 bits per heavy atom. The lowest BCUT2D eigenvalue weighted by molar-refractivity contribution is 0.281. The molecule has 0 amide bonds. The monoisotopic (exact) mass is 534 g/mol. The maximum Gasteiger partial charge on any atom is 0.257 e. The van der Waals surface area contributed by atoms with E-state index in [1.807, 2.05) is 53.1 Å². The standard InChI is InChI=1S/C32H34N6O2/c1-3-8-29-28(19-23-10-7-11-24(18-23)21-39)32(40)38(30(33-29)9-4-2)20-22-14-16-25(17-15-22)26-12-5-6-13-27(26)31-34-36-37-35-31/h5-7,10-18,39H,3-4,8-9,19-21H2,1-2H3,(H,34,35,36,37). The lowest BCUT2D eigenvalue weighted by atomic mass is 9.98. The Morgan fingerprint density at radius 1 is 0.850 bits per heavy atom. The van der Waals surface area contributed by atoms with Crippen LogP contribution < -0.4 is 5.56 Å². The summed E-state index contributed by atoms with van der Waals surface area (Å²) in [5.41, 5.74) is 7.50. The third-order valence-corrected chi connectivity index (χ3v) is 7.08. The van der Waals surface area contributed by atoms with Gasteiger partial charge < -0.3 is 5.11 Å². The summed E-state index contributed by atoms with van der Waals surface area (Å²) in [6.45, 7) is 4.65. The zero-order chi connectivity index (χ0) is 27.9. The maximum atomic E-state index is 14.0. The SMILES string of the molecule is CCCc1nc(CCC)n(Cc2ccc(-c3ccccc3-c3nnn[nH]3)cc2)c(=O)c1Cc1cccc(CO)c1. The van der Waals surface area contributed by atoms with Gasteiger partial charge in [-0.05, 0) is 51.1 Å². The van der Waals surface area contributed by atoms with Gasteiger partial charge in [-0.15, -0.1) is 5.10 Å². The number of H-pyrrole nitrogens is 1. The van der Waals surface area contributed by atoms with Crippen molar-refractivity contribution >= 4 is 0 Å². The highest BCUT2D eigenvalue weighted by molar-refractivity contribution is 5.80. The Bertz CT molecular complexity index is 1620. The van der Waals surface area contributed by atoms with Crippen molar-refractivity contribution in [1.29, 1.82) is 0 Å². The van der Waals surface area contributed by atoms with Crippen LogP contribution in [0.1, 0.15) is 60.5 Å². The fraction of sp³-hybridized carbons (Fsp3) is 0.281. The fourth-order valence-corrected chi connectivity index (χ4v) is 5.11. The summed E-state index contributed by atoms with van der Waals surface area (Å²) in [5, 5.41) is 23.9. The molecule has 0 spiro atoms. The molecule has 8 heteroatoms. The van der Waals surface area contributed by atoms with Crippen molar-refractivity contribution in [2.24, 2.45) is 0 Å². The van der Waals surface area contributed by atoms with E-state index in [1.165, 1.54) is 0 Å². The predicted octanol–water partition coefficient (Wildman–Crippen LogP) is 5.13. The second kappa shape index (κ2) is 12.6. The van der Waals surface area contributed by atoms with E-state index in [1.54, 1.807) is 0 Å². The first-order valence-corrected chi connectivity index (χ1v) is 13.8. The van der Waals surface area contributed by atoms with Crippen LogP contribution >= 0.6 is 0 Å². The Hall–Kier alpha value is -4.43. The number of tetrazole rings is 1. The van der Waals surface area contributed by atoms with Crippen molar-refractivity contribution in [3.63, 3.8) is 0 Å². The number of aromatic nitrogens is 6. The van der Waals surface area contributed by atoms with Crippen molar-refractivity contribution in [2.45, 2.75) is 59.1 Å². The minimum Gasteiger partial charge on any atom is -0.392 e. The summed E-state index contributed by atoms with van der Waals surface area (Å²) >= 11 is 0. The molecule has 0 aliphatic rings. The van der Waals surface area contributed by atoms with Crippen molar-refractivity contribution < 1.29 is 5.11 Å². The molecule has 0 fully saturated rings. The summed E-state index contributed by atoms with van der Waals surface area (Å²) in [6.07, 6.45) is 3.81. The van der Waals surface area contributed by atoms with Gasteiger partial charge in [0.2, 0.25) is 0 Å². The Labute approximate surface area is 233 Å². The van der Waals surface area contributed by atoms with E-state index < -0.39 is 0 Å². The van der Waals surface area contributed by atoms with Gasteiger partial charge in [0.25, 0.3) is 5.56 Å². The largest absolute Gasteiger partial charge is 0.392 e. The number of nitrogens with one attached hydrogen (secondary N) is 1. The molecule has 8 nitrogen and oxygen atoms in total. The van der Waals surface area contributed by atoms with Crippen LogP contribution in [0.15, 0.2) is 77.6 Å². The summed E-state index contributed by atoms with van der Waals surface area (Å²) < 4.78 is 1.84. The summed E-state index contributed by atoms with van der Waals surface area (Å²) in [5.74, 6) is 1.45. The van der Waals surface area contributed by atoms with Gasteiger partial charge in [0, 0.05) is 24.0 Å². The van der Waals surface area contributed by atoms with Crippen LogP contribution in [0.3, 0.4) is 0 Å². The van der Waals surface area contributed by atoms with Crippen LogP contribution in [0.4, 0.5) is 0 Å². The minimum absolute atomic E-state index is 0.0172. The highest BCUT2D eigenvalue weighted by Crippen LogP contribution is 2.30. The molecule has 0 saturated heterocycles. The molecule has 0 radical (unpaired) electrons. The number of hydrogen-bond donors (Lipinski definition) is 2. The molecule has 3 aromatic carbocycles. The number of aliphatic hydroxyl groups is 1. The van der Waals surface area contributed by atoms with Gasteiger partial charge >= 0.3 is 0 Å². The number of aryl methyl sites for hydroxylation is 2. The smallest absolute Gasteiger partial charge is 0.257 e. The summed E-state index contributed by atoms with van der Waals surface area (Å²) in [4.78, 5) is 19.1. The van der Waals surface area contributed by atoms with E-state index in [9.17, 15) is 9.90 Å². The van der Waals surface area contributed by atoms with E-state index in [2.05, 4.69) is 58.7 Å². The molecule has 0 saturated carbocycles. The van der Waals surface area contributed by atoms with E-state index in [-0.39, 0.29) is 12.2 Å². The average molecular weight is 535 g/mol. The highest BCUT2D eigenvalue weighted by atomic mass is 16.3. The van der Waals surface area contributed by atoms with Crippen LogP contribution in [0.25, 0.3) is 22.5 Å². The second-order valence-electron chi connectivity index (χ2n) is 9.99. The lowest BCUT2D eigenvalue weighted by Gasteiger charge is -2.18. The normalized spacial score (nSPS) is 11.2. The van der Waals surface area contributed by atoms with Gasteiger partial charge in [-0.1, -0.05) is 93.1 Å². The minimum atomic E-state index is -0.0245. The van der Waals surface area contributed by atoms with Gasteiger partial charge in [0.1, 0.15) is 5.82 Å². The number of aliphatic hydroxyl groups excluding tert-OH is 1. The highest BCUT2D eigenvalue weighted by Gasteiger charge is 2.17. The Morgan fingerprint density at radius 3 is 2.30 bits per heavy atom. The third kappa shape index (κ3) is 5.92. The average Bonchev–Trinajstić information content (AvgIpc) is 3.53. The molecule has 0 aliphatic heterocycles. The van der Waals surface area contributed by atoms with E-state index in [0.717, 1.165) is 76.1 Å². The first kappa shape index (κ1) is 27.1. The first-order chi connectivity index (χ1) is 19.6. The van der Waals surface area contributed by atoms with E-state index in [4.69, 9.17) is 4.98 Å². The molecule has 0 unspecified atom stereocenters. The van der Waals surface area contributed by atoms with Crippen LogP contribution in [-0.4, -0.2) is 35.3 Å². The van der Waals surface area contributed by atoms with E-state index >= 15 is 0 Å². The number of hydrogen-bond acceptors (Lipinski definition) is 6. The molecule has 0 bridgehead atoms. The quantitative estimate of drug-likeness (QED) is 0.243. The molecule has 5 aromatic rings. The number of rotatable bonds is 11. The molecule has 0 atom stereocenters. The van der Waals surface area contributed by atoms with Crippen LogP contribution in [-0.2, 0) is 32.4 Å². The molecule has 2 aromatic heterocycles. The lowest BCUT2D eigenvalue weighted by Crippen LogP contribution is -2.31. The Balaban J connectivity index is 1.50. The topological polar surface area (TPSA) is 110 Å². The number of aromatic amines is 1. The molecular formula is C32H34N6O2. The molecular weight excluding hydrogens is 500 g/mol. The number of nitrogens with zero attached hydrogens (tertiary/aromatic N) is 5. The first-order valence-electron chi connectivity index (χ1n) is 13.8. The van der Waals surface area contributed by atoms with Gasteiger partial charge in [0.05, 0.1) is 18.8 Å². The second-order valence-corrected chi connectivity index (χ2v) is 9.99. The molecule has 204 valence electrons. The Kier molecular flexibility index (Phi) is 8.56. The van der Waals surface area contributed by atoms with Crippen LogP contribution in [0, 0.1) is 0 Å². The zero-order valence-corrected chi connectivity index (χ0v) is 23.0. The van der Waals surface area contributed by atoms with Crippen molar-refractivity contribution in [1.82, 2.24) is 30.2 Å². The zero-order valence-electron chi connectivity index (χ0n) is 23.0. The molecule has 2 N–H and O–H groups in total. The molecule has 5 rings (SSSR count). The predicted molar refractivity (Wildman–Crippen MR) is 156 cm³/mol. The van der Waals surface area contributed by atoms with Gasteiger partial charge in [-0.2, -0.15) is 0 Å². The van der Waals surface area contributed by atoms with E-state index in [0.29, 0.717) is 18.8 Å². The van der Waals surface area contributed by atoms with Gasteiger partial charge in [-0.3, -0.25) is 9.36 Å². The summed E-state index contributed by atoms with van der Waals surface area (Å²) in [6, 6.07) is 24.1.